The molecule has 0 radical (unpaired) electrons. The van der Waals surface area contributed by atoms with E-state index in [9.17, 15) is 4.79 Å². The Morgan fingerprint density at radius 3 is 2.81 bits per heavy atom. The molecule has 5 heteroatoms. The second-order valence-corrected chi connectivity index (χ2v) is 7.97. The van der Waals surface area contributed by atoms with Crippen LogP contribution in [0.4, 0.5) is 5.82 Å². The number of hydrogen-bond donors (Lipinski definition) is 1. The molecule has 134 valence electrons. The molecule has 0 aliphatic heterocycles. The van der Waals surface area contributed by atoms with Gasteiger partial charge in [-0.15, -0.1) is 0 Å². The minimum atomic E-state index is -0.0369. The lowest BCUT2D eigenvalue weighted by Gasteiger charge is -2.45. The van der Waals surface area contributed by atoms with Gasteiger partial charge in [0.2, 0.25) is 0 Å². The van der Waals surface area contributed by atoms with Crippen LogP contribution in [-0.2, 0) is 4.79 Å². The third kappa shape index (κ3) is 2.45. The highest BCUT2D eigenvalue weighted by Crippen LogP contribution is 2.75. The SMILES string of the molecule is Cc1ccc(OCC(=O)N(CC2CC34CC3C=CC24)c2ccn[nH]2)cc1. The molecule has 2 saturated carbocycles. The average Bonchev–Trinajstić information content (AvgIpc) is 3.00. The topological polar surface area (TPSA) is 58.2 Å². The average molecular weight is 349 g/mol. The number of aromatic nitrogens is 2. The standard InChI is InChI=1S/C21H23N3O2/c1-14-2-5-17(6-3-14)26-13-20(25)24(19-8-9-22-23-19)12-15-10-21-11-16(21)4-7-18(15)21/h2-9,15-16,18H,10-13H2,1H3,(H,22,23). The van der Waals surface area contributed by atoms with E-state index in [1.54, 1.807) is 6.20 Å². The second-order valence-electron chi connectivity index (χ2n) is 7.97. The number of ether oxygens (including phenoxy) is 1. The number of nitrogens with one attached hydrogen (secondary N) is 1. The third-order valence-corrected chi connectivity index (χ3v) is 6.42. The van der Waals surface area contributed by atoms with Gasteiger partial charge >= 0.3 is 0 Å². The summed E-state index contributed by atoms with van der Waals surface area (Å²) in [6, 6.07) is 9.62. The fourth-order valence-electron chi connectivity index (χ4n) is 4.89. The first-order valence-electron chi connectivity index (χ1n) is 9.33. The van der Waals surface area contributed by atoms with Crippen LogP contribution in [0.15, 0.2) is 48.7 Å². The van der Waals surface area contributed by atoms with Crippen molar-refractivity contribution in [3.05, 3.63) is 54.2 Å². The number of allylic oxidation sites excluding steroid dienone is 2. The molecule has 1 aromatic carbocycles. The van der Waals surface area contributed by atoms with E-state index >= 15 is 0 Å². The highest BCUT2D eigenvalue weighted by molar-refractivity contribution is 5.93. The summed E-state index contributed by atoms with van der Waals surface area (Å²) >= 11 is 0. The number of carbonyl (C=O) groups is 1. The summed E-state index contributed by atoms with van der Waals surface area (Å²) in [5, 5.41) is 6.96. The van der Waals surface area contributed by atoms with E-state index in [2.05, 4.69) is 22.3 Å². The van der Waals surface area contributed by atoms with Crippen molar-refractivity contribution in [1.29, 1.82) is 0 Å². The Morgan fingerprint density at radius 2 is 2.12 bits per heavy atom. The Kier molecular flexibility index (Phi) is 3.45. The molecular weight excluding hydrogens is 326 g/mol. The second kappa shape index (κ2) is 5.73. The largest absolute Gasteiger partial charge is 0.484 e. The van der Waals surface area contributed by atoms with E-state index < -0.39 is 0 Å². The van der Waals surface area contributed by atoms with Crippen LogP contribution < -0.4 is 9.64 Å². The molecule has 2 fully saturated rings. The quantitative estimate of drug-likeness (QED) is 0.814. The summed E-state index contributed by atoms with van der Waals surface area (Å²) in [5.41, 5.74) is 1.73. The molecule has 5 nitrogen and oxygen atoms in total. The van der Waals surface area contributed by atoms with Gasteiger partial charge in [0.05, 0.1) is 6.20 Å². The van der Waals surface area contributed by atoms with E-state index in [1.807, 2.05) is 42.2 Å². The van der Waals surface area contributed by atoms with E-state index in [0.29, 0.717) is 17.3 Å². The van der Waals surface area contributed by atoms with E-state index in [0.717, 1.165) is 24.0 Å². The molecule has 1 aromatic heterocycles. The molecule has 3 aliphatic rings. The first-order valence-corrected chi connectivity index (χ1v) is 9.33. The Hall–Kier alpha value is -2.56. The van der Waals surface area contributed by atoms with Crippen LogP contribution in [0, 0.1) is 30.1 Å². The molecule has 2 aromatic rings. The van der Waals surface area contributed by atoms with Gasteiger partial charge < -0.3 is 4.74 Å². The fraction of sp³-hybridized carbons (Fsp3) is 0.429. The van der Waals surface area contributed by atoms with Gasteiger partial charge in [0, 0.05) is 12.6 Å². The van der Waals surface area contributed by atoms with Crippen LogP contribution in [-0.4, -0.2) is 29.3 Å². The van der Waals surface area contributed by atoms with Crippen LogP contribution in [0.5, 0.6) is 5.75 Å². The van der Waals surface area contributed by atoms with Gasteiger partial charge in [-0.05, 0) is 55.1 Å². The molecule has 5 rings (SSSR count). The predicted molar refractivity (Wildman–Crippen MR) is 98.9 cm³/mol. The molecule has 3 aliphatic carbocycles. The van der Waals surface area contributed by atoms with Crippen molar-refractivity contribution in [1.82, 2.24) is 10.2 Å². The number of aromatic amines is 1. The lowest BCUT2D eigenvalue weighted by molar-refractivity contribution is -0.121. The van der Waals surface area contributed by atoms with Crippen molar-refractivity contribution >= 4 is 11.7 Å². The normalized spacial score (nSPS) is 30.3. The van der Waals surface area contributed by atoms with Crippen molar-refractivity contribution in [2.45, 2.75) is 19.8 Å². The Balaban J connectivity index is 1.26. The first-order chi connectivity index (χ1) is 12.7. The summed E-state index contributed by atoms with van der Waals surface area (Å²) in [6.45, 7) is 2.78. The number of anilines is 1. The number of rotatable bonds is 6. The van der Waals surface area contributed by atoms with Gasteiger partial charge in [0.1, 0.15) is 11.6 Å². The zero-order valence-corrected chi connectivity index (χ0v) is 14.9. The fourth-order valence-corrected chi connectivity index (χ4v) is 4.89. The number of benzene rings is 1. The lowest BCUT2D eigenvalue weighted by atomic mass is 9.62. The van der Waals surface area contributed by atoms with Gasteiger partial charge in [-0.25, -0.2) is 0 Å². The molecule has 4 unspecified atom stereocenters. The van der Waals surface area contributed by atoms with Gasteiger partial charge in [-0.2, -0.15) is 5.10 Å². The zero-order valence-electron chi connectivity index (χ0n) is 14.9. The Bertz CT molecular complexity index is 843. The van der Waals surface area contributed by atoms with Gasteiger partial charge in [-0.1, -0.05) is 29.8 Å². The van der Waals surface area contributed by atoms with Crippen LogP contribution in [0.3, 0.4) is 0 Å². The maximum absolute atomic E-state index is 12.9. The van der Waals surface area contributed by atoms with E-state index in [1.165, 1.54) is 18.4 Å². The molecule has 4 atom stereocenters. The Morgan fingerprint density at radius 1 is 1.27 bits per heavy atom. The maximum atomic E-state index is 12.9. The maximum Gasteiger partial charge on any atom is 0.266 e. The highest BCUT2D eigenvalue weighted by atomic mass is 16.5. The molecular formula is C21H23N3O2. The smallest absolute Gasteiger partial charge is 0.266 e. The lowest BCUT2D eigenvalue weighted by Crippen LogP contribution is -2.47. The molecule has 1 amide bonds. The van der Waals surface area contributed by atoms with E-state index in [-0.39, 0.29) is 12.5 Å². The zero-order chi connectivity index (χ0) is 17.7. The number of hydrogen-bond acceptors (Lipinski definition) is 3. The highest BCUT2D eigenvalue weighted by Gasteiger charge is 2.68. The molecule has 1 heterocycles. The van der Waals surface area contributed by atoms with Crippen LogP contribution >= 0.6 is 0 Å². The van der Waals surface area contributed by atoms with Gasteiger partial charge in [0.25, 0.3) is 5.91 Å². The summed E-state index contributed by atoms with van der Waals surface area (Å²) in [7, 11) is 0. The monoisotopic (exact) mass is 349 g/mol. The Labute approximate surface area is 153 Å². The number of amides is 1. The molecule has 1 spiro atoms. The van der Waals surface area contributed by atoms with Crippen LogP contribution in [0.2, 0.25) is 0 Å². The van der Waals surface area contributed by atoms with Crippen molar-refractivity contribution in [2.24, 2.45) is 23.2 Å². The van der Waals surface area contributed by atoms with Crippen molar-refractivity contribution in [3.63, 3.8) is 0 Å². The number of aryl methyl sites for hydroxylation is 1. The summed E-state index contributed by atoms with van der Waals surface area (Å²) in [6.07, 6.45) is 9.02. The minimum absolute atomic E-state index is 0.0308. The summed E-state index contributed by atoms with van der Waals surface area (Å²) in [4.78, 5) is 14.7. The van der Waals surface area contributed by atoms with Crippen LogP contribution in [0.1, 0.15) is 18.4 Å². The molecule has 26 heavy (non-hydrogen) atoms. The van der Waals surface area contributed by atoms with Crippen molar-refractivity contribution in [3.8, 4) is 5.75 Å². The molecule has 0 saturated heterocycles. The third-order valence-electron chi connectivity index (χ3n) is 6.42. The van der Waals surface area contributed by atoms with E-state index in [4.69, 9.17) is 4.74 Å². The molecule has 1 N–H and O–H groups in total. The summed E-state index contributed by atoms with van der Waals surface area (Å²) < 4.78 is 5.71. The van der Waals surface area contributed by atoms with Crippen molar-refractivity contribution in [2.75, 3.05) is 18.1 Å². The number of nitrogens with zero attached hydrogens (tertiary/aromatic N) is 2. The predicted octanol–water partition coefficient (Wildman–Crippen LogP) is 3.34. The first kappa shape index (κ1) is 15.7. The van der Waals surface area contributed by atoms with Gasteiger partial charge in [0.15, 0.2) is 6.61 Å². The molecule has 0 bridgehead atoms. The minimum Gasteiger partial charge on any atom is -0.484 e. The number of carbonyl (C=O) groups excluding carboxylic acids is 1. The number of H-pyrrole nitrogens is 1. The van der Waals surface area contributed by atoms with Gasteiger partial charge in [-0.3, -0.25) is 14.8 Å². The summed E-state index contributed by atoms with van der Waals surface area (Å²) in [5.74, 6) is 3.41. The van der Waals surface area contributed by atoms with Crippen LogP contribution in [0.25, 0.3) is 0 Å². The van der Waals surface area contributed by atoms with Crippen molar-refractivity contribution < 1.29 is 9.53 Å².